The molecule has 92 valence electrons. The summed E-state index contributed by atoms with van der Waals surface area (Å²) >= 11 is 0. The molecule has 18 heavy (non-hydrogen) atoms. The van der Waals surface area contributed by atoms with Crippen molar-refractivity contribution in [2.75, 3.05) is 5.32 Å². The van der Waals surface area contributed by atoms with Crippen molar-refractivity contribution in [2.45, 2.75) is 19.4 Å². The SMILES string of the molecule is C=CC[C@H](Nc1ccccc1)c1ccccc1C. The molecular formula is C17H19N. The summed E-state index contributed by atoms with van der Waals surface area (Å²) in [6.07, 6.45) is 2.88. The lowest BCUT2D eigenvalue weighted by Gasteiger charge is -2.20. The molecule has 0 saturated heterocycles. The van der Waals surface area contributed by atoms with Crippen molar-refractivity contribution >= 4 is 5.69 Å². The Morgan fingerprint density at radius 1 is 1.06 bits per heavy atom. The zero-order valence-corrected chi connectivity index (χ0v) is 10.8. The average Bonchev–Trinajstić information content (AvgIpc) is 2.40. The zero-order valence-electron chi connectivity index (χ0n) is 10.8. The van der Waals surface area contributed by atoms with Gasteiger partial charge in [-0.1, -0.05) is 48.5 Å². The summed E-state index contributed by atoms with van der Waals surface area (Å²) in [5.41, 5.74) is 3.79. The van der Waals surface area contributed by atoms with Crippen LogP contribution in [-0.4, -0.2) is 0 Å². The highest BCUT2D eigenvalue weighted by atomic mass is 14.9. The molecule has 1 N–H and O–H groups in total. The summed E-state index contributed by atoms with van der Waals surface area (Å²) in [7, 11) is 0. The summed E-state index contributed by atoms with van der Waals surface area (Å²) in [4.78, 5) is 0. The number of aryl methyl sites for hydroxylation is 1. The fourth-order valence-electron chi connectivity index (χ4n) is 2.14. The minimum absolute atomic E-state index is 0.283. The van der Waals surface area contributed by atoms with Crippen LogP contribution in [-0.2, 0) is 0 Å². The maximum atomic E-state index is 3.86. The first-order valence-corrected chi connectivity index (χ1v) is 6.29. The third kappa shape index (κ3) is 3.01. The Morgan fingerprint density at radius 2 is 1.72 bits per heavy atom. The lowest BCUT2D eigenvalue weighted by molar-refractivity contribution is 0.792. The molecule has 0 unspecified atom stereocenters. The minimum Gasteiger partial charge on any atom is -0.378 e. The Hall–Kier alpha value is -2.02. The normalized spacial score (nSPS) is 11.8. The van der Waals surface area contributed by atoms with Gasteiger partial charge in [0, 0.05) is 5.69 Å². The van der Waals surface area contributed by atoms with E-state index < -0.39 is 0 Å². The lowest BCUT2D eigenvalue weighted by atomic mass is 9.98. The van der Waals surface area contributed by atoms with E-state index in [1.807, 2.05) is 24.3 Å². The Balaban J connectivity index is 2.24. The zero-order chi connectivity index (χ0) is 12.8. The standard InChI is InChI=1S/C17H19N/c1-3-9-17(16-13-8-7-10-14(16)2)18-15-11-5-4-6-12-15/h3-8,10-13,17-18H,1,9H2,2H3/t17-/m0/s1. The highest BCUT2D eigenvalue weighted by Crippen LogP contribution is 2.25. The molecule has 0 aliphatic heterocycles. The van der Waals surface area contributed by atoms with E-state index in [4.69, 9.17) is 0 Å². The molecule has 0 saturated carbocycles. The Morgan fingerprint density at radius 3 is 2.39 bits per heavy atom. The second-order valence-corrected chi connectivity index (χ2v) is 4.44. The third-order valence-electron chi connectivity index (χ3n) is 3.08. The maximum absolute atomic E-state index is 3.86. The molecule has 0 bridgehead atoms. The Labute approximate surface area is 109 Å². The number of anilines is 1. The van der Waals surface area contributed by atoms with E-state index in [0.29, 0.717) is 0 Å². The van der Waals surface area contributed by atoms with Crippen molar-refractivity contribution < 1.29 is 0 Å². The average molecular weight is 237 g/mol. The van der Waals surface area contributed by atoms with Gasteiger partial charge in [-0.25, -0.2) is 0 Å². The molecular weight excluding hydrogens is 218 g/mol. The molecule has 0 aromatic heterocycles. The number of benzene rings is 2. The van der Waals surface area contributed by atoms with Crippen LogP contribution in [0.15, 0.2) is 67.3 Å². The molecule has 2 rings (SSSR count). The van der Waals surface area contributed by atoms with Crippen LogP contribution in [0.3, 0.4) is 0 Å². The predicted molar refractivity (Wildman–Crippen MR) is 78.8 cm³/mol. The first kappa shape index (κ1) is 12.4. The molecule has 2 aromatic rings. The molecule has 1 nitrogen and oxygen atoms in total. The maximum Gasteiger partial charge on any atom is 0.0550 e. The van der Waals surface area contributed by atoms with Crippen molar-refractivity contribution in [1.29, 1.82) is 0 Å². The van der Waals surface area contributed by atoms with Gasteiger partial charge >= 0.3 is 0 Å². The highest BCUT2D eigenvalue weighted by molar-refractivity contribution is 5.46. The fourth-order valence-corrected chi connectivity index (χ4v) is 2.14. The van der Waals surface area contributed by atoms with Gasteiger partial charge in [0.25, 0.3) is 0 Å². The van der Waals surface area contributed by atoms with E-state index in [2.05, 4.69) is 55.2 Å². The van der Waals surface area contributed by atoms with Gasteiger partial charge in [-0.15, -0.1) is 6.58 Å². The van der Waals surface area contributed by atoms with Crippen LogP contribution in [0.25, 0.3) is 0 Å². The van der Waals surface area contributed by atoms with E-state index in [1.165, 1.54) is 11.1 Å². The number of hydrogen-bond acceptors (Lipinski definition) is 1. The highest BCUT2D eigenvalue weighted by Gasteiger charge is 2.11. The summed E-state index contributed by atoms with van der Waals surface area (Å²) in [5, 5.41) is 3.57. The van der Waals surface area contributed by atoms with E-state index in [0.717, 1.165) is 12.1 Å². The van der Waals surface area contributed by atoms with Crippen molar-refractivity contribution in [3.05, 3.63) is 78.4 Å². The van der Waals surface area contributed by atoms with Gasteiger partial charge in [-0.2, -0.15) is 0 Å². The van der Waals surface area contributed by atoms with Crippen molar-refractivity contribution in [3.63, 3.8) is 0 Å². The van der Waals surface area contributed by atoms with E-state index in [1.54, 1.807) is 0 Å². The second-order valence-electron chi connectivity index (χ2n) is 4.44. The molecule has 0 heterocycles. The number of nitrogens with one attached hydrogen (secondary N) is 1. The lowest BCUT2D eigenvalue weighted by Crippen LogP contribution is -2.11. The molecule has 1 atom stereocenters. The molecule has 2 aromatic carbocycles. The summed E-state index contributed by atoms with van der Waals surface area (Å²) < 4.78 is 0. The van der Waals surface area contributed by atoms with Crippen LogP contribution in [0.2, 0.25) is 0 Å². The molecule has 0 aliphatic rings. The summed E-state index contributed by atoms with van der Waals surface area (Å²) in [6.45, 7) is 6.01. The number of para-hydroxylation sites is 1. The molecule has 0 spiro atoms. The van der Waals surface area contributed by atoms with Crippen LogP contribution in [0, 0.1) is 6.92 Å². The summed E-state index contributed by atoms with van der Waals surface area (Å²) in [5.74, 6) is 0. The first-order chi connectivity index (χ1) is 8.81. The summed E-state index contributed by atoms with van der Waals surface area (Å²) in [6, 6.07) is 19.1. The molecule has 0 amide bonds. The van der Waals surface area contributed by atoms with E-state index in [9.17, 15) is 0 Å². The quantitative estimate of drug-likeness (QED) is 0.742. The van der Waals surface area contributed by atoms with Crippen LogP contribution >= 0.6 is 0 Å². The molecule has 1 heteroatoms. The molecule has 0 radical (unpaired) electrons. The van der Waals surface area contributed by atoms with Crippen LogP contribution in [0.5, 0.6) is 0 Å². The van der Waals surface area contributed by atoms with Gasteiger partial charge in [-0.05, 0) is 36.6 Å². The van der Waals surface area contributed by atoms with Crippen LogP contribution in [0.1, 0.15) is 23.6 Å². The third-order valence-corrected chi connectivity index (χ3v) is 3.08. The molecule has 0 aliphatic carbocycles. The van der Waals surface area contributed by atoms with Crippen LogP contribution < -0.4 is 5.32 Å². The minimum atomic E-state index is 0.283. The van der Waals surface area contributed by atoms with Crippen molar-refractivity contribution in [3.8, 4) is 0 Å². The fraction of sp³-hybridized carbons (Fsp3) is 0.176. The Bertz CT molecular complexity index is 502. The number of hydrogen-bond donors (Lipinski definition) is 1. The van der Waals surface area contributed by atoms with Crippen molar-refractivity contribution in [2.24, 2.45) is 0 Å². The van der Waals surface area contributed by atoms with Crippen molar-refractivity contribution in [1.82, 2.24) is 0 Å². The van der Waals surface area contributed by atoms with E-state index in [-0.39, 0.29) is 6.04 Å². The van der Waals surface area contributed by atoms with Gasteiger partial charge in [0.05, 0.1) is 6.04 Å². The molecule has 0 fully saturated rings. The monoisotopic (exact) mass is 237 g/mol. The smallest absolute Gasteiger partial charge is 0.0550 e. The largest absolute Gasteiger partial charge is 0.378 e. The van der Waals surface area contributed by atoms with Gasteiger partial charge in [-0.3, -0.25) is 0 Å². The second kappa shape index (κ2) is 6.06. The predicted octanol–water partition coefficient (Wildman–Crippen LogP) is 4.72. The Kier molecular flexibility index (Phi) is 4.19. The van der Waals surface area contributed by atoms with Gasteiger partial charge in [0.15, 0.2) is 0 Å². The van der Waals surface area contributed by atoms with Gasteiger partial charge in [0.1, 0.15) is 0 Å². The van der Waals surface area contributed by atoms with Gasteiger partial charge < -0.3 is 5.32 Å². The first-order valence-electron chi connectivity index (χ1n) is 6.29. The van der Waals surface area contributed by atoms with Crippen LogP contribution in [0.4, 0.5) is 5.69 Å². The number of rotatable bonds is 5. The van der Waals surface area contributed by atoms with E-state index >= 15 is 0 Å². The van der Waals surface area contributed by atoms with Gasteiger partial charge in [0.2, 0.25) is 0 Å². The topological polar surface area (TPSA) is 12.0 Å².